The average Bonchev–Trinajstić information content (AvgIpc) is 2.32. The molecule has 16 heavy (non-hydrogen) atoms. The lowest BCUT2D eigenvalue weighted by atomic mass is 10.3. The Balaban J connectivity index is 2.27. The van der Waals surface area contributed by atoms with Gasteiger partial charge >= 0.3 is 0 Å². The summed E-state index contributed by atoms with van der Waals surface area (Å²) in [5, 5.41) is 0.513. The van der Waals surface area contributed by atoms with Crippen molar-refractivity contribution in [2.75, 3.05) is 0 Å². The summed E-state index contributed by atoms with van der Waals surface area (Å²) in [5.41, 5.74) is 0.463. The van der Waals surface area contributed by atoms with Crippen LogP contribution in [0.2, 0.25) is 5.02 Å². The van der Waals surface area contributed by atoms with E-state index in [0.29, 0.717) is 28.4 Å². The second-order valence-electron chi connectivity index (χ2n) is 3.10. The molecule has 2 rings (SSSR count). The molecule has 3 nitrogen and oxygen atoms in total. The van der Waals surface area contributed by atoms with Gasteiger partial charge in [-0.1, -0.05) is 23.7 Å². The summed E-state index contributed by atoms with van der Waals surface area (Å²) in [7, 11) is 0. The van der Waals surface area contributed by atoms with E-state index in [1.54, 1.807) is 18.2 Å². The van der Waals surface area contributed by atoms with Crippen molar-refractivity contribution in [1.29, 1.82) is 0 Å². The van der Waals surface area contributed by atoms with Crippen LogP contribution in [0.15, 0.2) is 42.7 Å². The molecule has 0 radical (unpaired) electrons. The summed E-state index contributed by atoms with van der Waals surface area (Å²) < 4.78 is 5.50. The van der Waals surface area contributed by atoms with E-state index >= 15 is 0 Å². The van der Waals surface area contributed by atoms with Crippen LogP contribution in [0.25, 0.3) is 0 Å². The van der Waals surface area contributed by atoms with Gasteiger partial charge in [-0.2, -0.15) is 0 Å². The number of hydrogen-bond acceptors (Lipinski definition) is 3. The first kappa shape index (κ1) is 10.6. The summed E-state index contributed by atoms with van der Waals surface area (Å²) >= 11 is 5.93. The van der Waals surface area contributed by atoms with Crippen molar-refractivity contribution in [2.24, 2.45) is 0 Å². The molecule has 4 heteroatoms. The molecule has 0 N–H and O–H groups in total. The van der Waals surface area contributed by atoms with Crippen molar-refractivity contribution in [2.45, 2.75) is 0 Å². The van der Waals surface area contributed by atoms with E-state index in [0.717, 1.165) is 0 Å². The van der Waals surface area contributed by atoms with Crippen molar-refractivity contribution < 1.29 is 9.53 Å². The first-order valence-electron chi connectivity index (χ1n) is 4.62. The highest BCUT2D eigenvalue weighted by molar-refractivity contribution is 6.32. The van der Waals surface area contributed by atoms with Crippen LogP contribution in [-0.4, -0.2) is 11.3 Å². The molecule has 0 bridgehead atoms. The first-order valence-corrected chi connectivity index (χ1v) is 5.00. The molecule has 0 saturated heterocycles. The summed E-state index contributed by atoms with van der Waals surface area (Å²) in [6, 6.07) is 8.71. The normalized spacial score (nSPS) is 9.81. The van der Waals surface area contributed by atoms with Crippen LogP contribution < -0.4 is 4.74 Å². The maximum atomic E-state index is 10.6. The Kier molecular flexibility index (Phi) is 3.17. The highest BCUT2D eigenvalue weighted by Crippen LogP contribution is 2.28. The average molecular weight is 234 g/mol. The third-order valence-electron chi connectivity index (χ3n) is 1.93. The van der Waals surface area contributed by atoms with Crippen molar-refractivity contribution in [3.8, 4) is 11.5 Å². The quantitative estimate of drug-likeness (QED) is 0.764. The molecule has 0 aliphatic carbocycles. The summed E-state index contributed by atoms with van der Waals surface area (Å²) in [6.07, 6.45) is 3.70. The predicted molar refractivity (Wildman–Crippen MR) is 61.2 cm³/mol. The van der Waals surface area contributed by atoms with Crippen molar-refractivity contribution in [1.82, 2.24) is 4.98 Å². The van der Waals surface area contributed by atoms with Gasteiger partial charge in [0.1, 0.15) is 11.5 Å². The number of carbonyl (C=O) groups is 1. The molecule has 0 atom stereocenters. The Bertz CT molecular complexity index is 514. The van der Waals surface area contributed by atoms with Gasteiger partial charge in [-0.25, -0.2) is 0 Å². The van der Waals surface area contributed by atoms with Gasteiger partial charge in [-0.3, -0.25) is 9.78 Å². The number of ether oxygens (including phenoxy) is 1. The molecule has 0 spiro atoms. The number of nitrogens with zero attached hydrogens (tertiary/aromatic N) is 1. The lowest BCUT2D eigenvalue weighted by molar-refractivity contribution is 0.112. The van der Waals surface area contributed by atoms with Gasteiger partial charge in [0.25, 0.3) is 0 Å². The van der Waals surface area contributed by atoms with Gasteiger partial charge in [0, 0.05) is 11.8 Å². The number of aldehydes is 1. The van der Waals surface area contributed by atoms with Gasteiger partial charge < -0.3 is 4.74 Å². The van der Waals surface area contributed by atoms with Crippen LogP contribution in [-0.2, 0) is 0 Å². The topological polar surface area (TPSA) is 39.2 Å². The first-order chi connectivity index (χ1) is 7.79. The minimum absolute atomic E-state index is 0.463. The maximum absolute atomic E-state index is 10.6. The number of aromatic nitrogens is 1. The van der Waals surface area contributed by atoms with E-state index < -0.39 is 0 Å². The Labute approximate surface area is 97.7 Å². The van der Waals surface area contributed by atoms with Crippen LogP contribution in [0.1, 0.15) is 10.4 Å². The van der Waals surface area contributed by atoms with Crippen LogP contribution in [0.5, 0.6) is 11.5 Å². The third-order valence-corrected chi connectivity index (χ3v) is 2.25. The molecule has 1 heterocycles. The smallest absolute Gasteiger partial charge is 0.151 e. The second-order valence-corrected chi connectivity index (χ2v) is 3.51. The fourth-order valence-corrected chi connectivity index (χ4v) is 1.38. The zero-order valence-electron chi connectivity index (χ0n) is 8.26. The summed E-state index contributed by atoms with van der Waals surface area (Å²) in [5.74, 6) is 1.02. The highest BCUT2D eigenvalue weighted by atomic mass is 35.5. The molecule has 0 aliphatic rings. The van der Waals surface area contributed by atoms with E-state index in [1.165, 1.54) is 12.4 Å². The molecular formula is C12H8ClNO2. The number of benzene rings is 1. The van der Waals surface area contributed by atoms with E-state index in [2.05, 4.69) is 4.98 Å². The molecule has 0 unspecified atom stereocenters. The van der Waals surface area contributed by atoms with E-state index in [1.807, 2.05) is 12.1 Å². The van der Waals surface area contributed by atoms with E-state index in [4.69, 9.17) is 16.3 Å². The fraction of sp³-hybridized carbons (Fsp3) is 0. The van der Waals surface area contributed by atoms with Crippen molar-refractivity contribution in [3.05, 3.63) is 53.3 Å². The molecule has 0 fully saturated rings. The third kappa shape index (κ3) is 2.38. The summed E-state index contributed by atoms with van der Waals surface area (Å²) in [4.78, 5) is 14.4. The SMILES string of the molecule is O=Cc1cncc(Oc2ccccc2Cl)c1. The molecule has 2 aromatic rings. The van der Waals surface area contributed by atoms with E-state index in [9.17, 15) is 4.79 Å². The highest BCUT2D eigenvalue weighted by Gasteiger charge is 2.02. The molecule has 1 aromatic carbocycles. The van der Waals surface area contributed by atoms with E-state index in [-0.39, 0.29) is 0 Å². The molecular weight excluding hydrogens is 226 g/mol. The zero-order chi connectivity index (χ0) is 11.4. The van der Waals surface area contributed by atoms with Crippen LogP contribution in [0.4, 0.5) is 0 Å². The largest absolute Gasteiger partial charge is 0.454 e. The van der Waals surface area contributed by atoms with Crippen LogP contribution >= 0.6 is 11.6 Å². The number of carbonyl (C=O) groups excluding carboxylic acids is 1. The maximum Gasteiger partial charge on any atom is 0.151 e. The van der Waals surface area contributed by atoms with Gasteiger partial charge in [-0.15, -0.1) is 0 Å². The molecule has 0 saturated carbocycles. The molecule has 80 valence electrons. The summed E-state index contributed by atoms with van der Waals surface area (Å²) in [6.45, 7) is 0. The van der Waals surface area contributed by atoms with Gasteiger partial charge in [0.15, 0.2) is 6.29 Å². The zero-order valence-corrected chi connectivity index (χ0v) is 9.02. The lowest BCUT2D eigenvalue weighted by Crippen LogP contribution is -1.88. The molecule has 0 amide bonds. The van der Waals surface area contributed by atoms with Gasteiger partial charge in [-0.05, 0) is 18.2 Å². The van der Waals surface area contributed by atoms with Crippen molar-refractivity contribution in [3.63, 3.8) is 0 Å². The minimum Gasteiger partial charge on any atom is -0.454 e. The number of rotatable bonds is 3. The Hall–Kier alpha value is -1.87. The lowest BCUT2D eigenvalue weighted by Gasteiger charge is -2.06. The Morgan fingerprint density at radius 2 is 2.06 bits per heavy atom. The van der Waals surface area contributed by atoms with Crippen LogP contribution in [0.3, 0.4) is 0 Å². The van der Waals surface area contributed by atoms with Gasteiger partial charge in [0.05, 0.1) is 11.2 Å². The number of hydrogen-bond donors (Lipinski definition) is 0. The predicted octanol–water partition coefficient (Wildman–Crippen LogP) is 3.34. The Morgan fingerprint density at radius 3 is 2.81 bits per heavy atom. The number of pyridine rings is 1. The number of para-hydroxylation sites is 1. The minimum atomic E-state index is 0.463. The van der Waals surface area contributed by atoms with Gasteiger partial charge in [0.2, 0.25) is 0 Å². The molecule has 0 aliphatic heterocycles. The molecule has 1 aromatic heterocycles. The number of halogens is 1. The van der Waals surface area contributed by atoms with Crippen molar-refractivity contribution >= 4 is 17.9 Å². The second kappa shape index (κ2) is 4.77. The standard InChI is InChI=1S/C12H8ClNO2/c13-11-3-1-2-4-12(11)16-10-5-9(8-15)6-14-7-10/h1-8H. The van der Waals surface area contributed by atoms with Crippen LogP contribution in [0, 0.1) is 0 Å². The fourth-order valence-electron chi connectivity index (χ4n) is 1.21. The Morgan fingerprint density at radius 1 is 1.25 bits per heavy atom. The monoisotopic (exact) mass is 233 g/mol.